The molecule has 0 saturated heterocycles. The van der Waals surface area contributed by atoms with Crippen molar-refractivity contribution >= 4 is 11.8 Å². The molecular weight excluding hydrogens is 308 g/mol. The largest absolute Gasteiger partial charge is 0.383 e. The van der Waals surface area contributed by atoms with E-state index >= 15 is 0 Å². The molecule has 0 spiro atoms. The van der Waals surface area contributed by atoms with Crippen LogP contribution >= 0.6 is 0 Å². The summed E-state index contributed by atoms with van der Waals surface area (Å²) in [6, 6.07) is -0.0304. The molecule has 1 aromatic rings. The number of carbonyl (C=O) groups is 2. The number of methoxy groups -OCH3 is 1. The summed E-state index contributed by atoms with van der Waals surface area (Å²) in [6.07, 6.45) is 5.39. The van der Waals surface area contributed by atoms with Gasteiger partial charge < -0.3 is 19.5 Å². The minimum absolute atomic E-state index is 0.0304. The van der Waals surface area contributed by atoms with Gasteiger partial charge in [-0.15, -0.1) is 0 Å². The van der Waals surface area contributed by atoms with E-state index in [1.165, 1.54) is 0 Å². The van der Waals surface area contributed by atoms with Crippen LogP contribution in [-0.2, 0) is 27.3 Å². The zero-order chi connectivity index (χ0) is 17.1. The van der Waals surface area contributed by atoms with Crippen molar-refractivity contribution in [2.24, 2.45) is 5.92 Å². The Balaban J connectivity index is 1.62. The van der Waals surface area contributed by atoms with Crippen LogP contribution in [0.5, 0.6) is 0 Å². The lowest BCUT2D eigenvalue weighted by Crippen LogP contribution is -2.45. The number of nitrogens with zero attached hydrogens (tertiary/aromatic N) is 3. The average Bonchev–Trinajstić information content (AvgIpc) is 2.89. The Hall–Kier alpha value is -1.89. The Morgan fingerprint density at radius 1 is 1.38 bits per heavy atom. The lowest BCUT2D eigenvalue weighted by atomic mass is 9.84. The third-order valence-corrected chi connectivity index (χ3v) is 4.99. The van der Waals surface area contributed by atoms with Gasteiger partial charge in [0.15, 0.2) is 0 Å². The Kier molecular flexibility index (Phi) is 5.18. The Morgan fingerprint density at radius 2 is 2.17 bits per heavy atom. The fourth-order valence-corrected chi connectivity index (χ4v) is 3.34. The number of fused-ring (bicyclic) bond motifs is 1. The van der Waals surface area contributed by atoms with Crippen molar-refractivity contribution in [1.29, 1.82) is 0 Å². The molecule has 0 aromatic carbocycles. The second kappa shape index (κ2) is 7.34. The van der Waals surface area contributed by atoms with E-state index in [-0.39, 0.29) is 30.2 Å². The van der Waals surface area contributed by atoms with Crippen molar-refractivity contribution in [2.45, 2.75) is 45.2 Å². The molecule has 0 unspecified atom stereocenters. The van der Waals surface area contributed by atoms with E-state index in [1.54, 1.807) is 7.11 Å². The first-order valence-electron chi connectivity index (χ1n) is 8.72. The van der Waals surface area contributed by atoms with Crippen LogP contribution in [0, 0.1) is 5.92 Å². The summed E-state index contributed by atoms with van der Waals surface area (Å²) in [7, 11) is 1.60. The molecule has 132 valence electrons. The molecule has 2 aliphatic rings. The van der Waals surface area contributed by atoms with Gasteiger partial charge in [0.1, 0.15) is 5.82 Å². The molecule has 24 heavy (non-hydrogen) atoms. The third kappa shape index (κ3) is 3.45. The molecular formula is C17H26N4O3. The highest BCUT2D eigenvalue weighted by Gasteiger charge is 2.35. The van der Waals surface area contributed by atoms with Gasteiger partial charge in [0.25, 0.3) is 0 Å². The normalized spacial score (nSPS) is 20.4. The summed E-state index contributed by atoms with van der Waals surface area (Å²) in [5, 5.41) is 2.80. The highest BCUT2D eigenvalue weighted by atomic mass is 16.5. The van der Waals surface area contributed by atoms with Gasteiger partial charge in [-0.25, -0.2) is 4.98 Å². The molecule has 1 aromatic heterocycles. The number of imidazole rings is 1. The van der Waals surface area contributed by atoms with Crippen LogP contribution in [0.25, 0.3) is 0 Å². The van der Waals surface area contributed by atoms with Crippen molar-refractivity contribution in [3.05, 3.63) is 17.7 Å². The third-order valence-electron chi connectivity index (χ3n) is 4.99. The number of amides is 2. The smallest absolute Gasteiger partial charge is 0.226 e. The van der Waals surface area contributed by atoms with Crippen LogP contribution in [0.15, 0.2) is 6.20 Å². The molecule has 1 aliphatic carbocycles. The number of aromatic nitrogens is 2. The van der Waals surface area contributed by atoms with Gasteiger partial charge in [0, 0.05) is 38.9 Å². The van der Waals surface area contributed by atoms with E-state index in [0.29, 0.717) is 13.2 Å². The number of hydrogen-bond acceptors (Lipinski definition) is 4. The fraction of sp³-hybridized carbons (Fsp3) is 0.706. The summed E-state index contributed by atoms with van der Waals surface area (Å²) in [5.74, 6) is 1.30. The van der Waals surface area contributed by atoms with E-state index < -0.39 is 0 Å². The van der Waals surface area contributed by atoms with Gasteiger partial charge in [-0.1, -0.05) is 6.42 Å². The van der Waals surface area contributed by atoms with Gasteiger partial charge in [-0.3, -0.25) is 9.59 Å². The molecule has 2 amide bonds. The Bertz CT molecular complexity index is 609. The van der Waals surface area contributed by atoms with Gasteiger partial charge in [-0.2, -0.15) is 0 Å². The second-order valence-electron chi connectivity index (χ2n) is 6.64. The van der Waals surface area contributed by atoms with E-state index in [9.17, 15) is 9.59 Å². The Labute approximate surface area is 142 Å². The zero-order valence-electron chi connectivity index (χ0n) is 14.5. The predicted molar refractivity (Wildman–Crippen MR) is 88.3 cm³/mol. The van der Waals surface area contributed by atoms with E-state index in [4.69, 9.17) is 4.74 Å². The lowest BCUT2D eigenvalue weighted by Gasteiger charge is -2.38. The number of nitrogens with one attached hydrogen (secondary N) is 1. The van der Waals surface area contributed by atoms with Crippen molar-refractivity contribution in [3.8, 4) is 0 Å². The molecule has 1 fully saturated rings. The molecule has 1 atom stereocenters. The first kappa shape index (κ1) is 17.0. The molecule has 7 nitrogen and oxygen atoms in total. The van der Waals surface area contributed by atoms with Gasteiger partial charge in [-0.05, 0) is 19.8 Å². The maximum absolute atomic E-state index is 12.5. The van der Waals surface area contributed by atoms with E-state index in [2.05, 4.69) is 14.9 Å². The average molecular weight is 334 g/mol. The van der Waals surface area contributed by atoms with Crippen LogP contribution in [0.3, 0.4) is 0 Å². The minimum Gasteiger partial charge on any atom is -0.383 e. The van der Waals surface area contributed by atoms with Crippen molar-refractivity contribution in [2.75, 3.05) is 26.8 Å². The lowest BCUT2D eigenvalue weighted by molar-refractivity contribution is -0.141. The summed E-state index contributed by atoms with van der Waals surface area (Å²) >= 11 is 0. The summed E-state index contributed by atoms with van der Waals surface area (Å²) in [5.41, 5.74) is 0.754. The maximum Gasteiger partial charge on any atom is 0.226 e. The molecule has 1 N–H and O–H groups in total. The van der Waals surface area contributed by atoms with Gasteiger partial charge in [0.2, 0.25) is 11.8 Å². The monoisotopic (exact) mass is 334 g/mol. The van der Waals surface area contributed by atoms with E-state index in [0.717, 1.165) is 43.9 Å². The van der Waals surface area contributed by atoms with Gasteiger partial charge >= 0.3 is 0 Å². The highest BCUT2D eigenvalue weighted by molar-refractivity contribution is 5.80. The molecule has 0 bridgehead atoms. The fourth-order valence-electron chi connectivity index (χ4n) is 3.34. The van der Waals surface area contributed by atoms with Crippen LogP contribution in [0.1, 0.15) is 43.7 Å². The maximum atomic E-state index is 12.5. The minimum atomic E-state index is -0.0578. The van der Waals surface area contributed by atoms with Crippen LogP contribution < -0.4 is 5.32 Å². The predicted octanol–water partition coefficient (Wildman–Crippen LogP) is 0.891. The first-order valence-corrected chi connectivity index (χ1v) is 8.72. The molecule has 0 radical (unpaired) electrons. The van der Waals surface area contributed by atoms with Gasteiger partial charge in [0.05, 0.1) is 24.8 Å². The quantitative estimate of drug-likeness (QED) is 0.784. The van der Waals surface area contributed by atoms with Crippen LogP contribution in [0.4, 0.5) is 0 Å². The van der Waals surface area contributed by atoms with E-state index in [1.807, 2.05) is 18.0 Å². The summed E-state index contributed by atoms with van der Waals surface area (Å²) in [6.45, 7) is 4.50. The summed E-state index contributed by atoms with van der Waals surface area (Å²) < 4.78 is 6.99. The molecule has 2 heterocycles. The standard InChI is InChI=1S/C17H26N4O3/c1-12-16-19-14(10-15(22)18-6-9-24-2)11-20(16)7-8-21(12)17(23)13-4-3-5-13/h11-13H,3-10H2,1-2H3,(H,18,22)/t12-/m0/s1. The zero-order valence-corrected chi connectivity index (χ0v) is 14.5. The number of rotatable bonds is 6. The number of hydrogen-bond donors (Lipinski definition) is 1. The number of ether oxygens (including phenoxy) is 1. The topological polar surface area (TPSA) is 76.5 Å². The van der Waals surface area contributed by atoms with Crippen LogP contribution in [0.2, 0.25) is 0 Å². The highest BCUT2D eigenvalue weighted by Crippen LogP contribution is 2.33. The number of carbonyl (C=O) groups excluding carboxylic acids is 2. The van der Waals surface area contributed by atoms with Crippen molar-refractivity contribution in [3.63, 3.8) is 0 Å². The Morgan fingerprint density at radius 3 is 2.83 bits per heavy atom. The van der Waals surface area contributed by atoms with Crippen molar-refractivity contribution < 1.29 is 14.3 Å². The summed E-state index contributed by atoms with van der Waals surface area (Å²) in [4.78, 5) is 31.0. The van der Waals surface area contributed by atoms with Crippen molar-refractivity contribution in [1.82, 2.24) is 19.8 Å². The molecule has 1 saturated carbocycles. The SMILES string of the molecule is COCCNC(=O)Cc1cn2c(n1)[C@H](C)N(C(=O)C1CCC1)CC2. The van der Waals surface area contributed by atoms with Crippen LogP contribution in [-0.4, -0.2) is 53.1 Å². The molecule has 3 rings (SSSR count). The first-order chi connectivity index (χ1) is 11.6. The molecule has 1 aliphatic heterocycles. The molecule has 7 heteroatoms. The second-order valence-corrected chi connectivity index (χ2v) is 6.64.